The van der Waals surface area contributed by atoms with Gasteiger partial charge in [-0.05, 0) is 56.2 Å². The van der Waals surface area contributed by atoms with Crippen LogP contribution in [0, 0.1) is 18.3 Å². The number of ether oxygens (including phenoxy) is 2. The summed E-state index contributed by atoms with van der Waals surface area (Å²) >= 11 is 0. The van der Waals surface area contributed by atoms with Crippen LogP contribution < -0.4 is 0 Å². The zero-order valence-corrected chi connectivity index (χ0v) is 17.5. The largest absolute Gasteiger partial charge is 0.465 e. The number of hydrogen-bond acceptors (Lipinski definition) is 4. The van der Waals surface area contributed by atoms with Crippen molar-refractivity contribution in [3.05, 3.63) is 71.3 Å². The van der Waals surface area contributed by atoms with Crippen LogP contribution in [0.4, 0.5) is 0 Å². The molecular weight excluding hydrogens is 364 g/mol. The number of rotatable bonds is 7. The van der Waals surface area contributed by atoms with Gasteiger partial charge >= 0.3 is 11.9 Å². The van der Waals surface area contributed by atoms with E-state index in [1.807, 2.05) is 69.3 Å². The first-order chi connectivity index (χ1) is 13.9. The molecule has 0 heterocycles. The third kappa shape index (κ3) is 5.06. The van der Waals surface area contributed by atoms with E-state index in [1.54, 1.807) is 6.07 Å². The Morgan fingerprint density at radius 2 is 1.86 bits per heavy atom. The van der Waals surface area contributed by atoms with Gasteiger partial charge in [-0.25, -0.2) is 4.79 Å². The number of aryl methyl sites for hydroxylation is 1. The highest BCUT2D eigenvalue weighted by Crippen LogP contribution is 2.44. The van der Waals surface area contributed by atoms with Gasteiger partial charge in [0.1, 0.15) is 11.5 Å². The molecular formula is C25H30O4. The van der Waals surface area contributed by atoms with E-state index in [4.69, 9.17) is 9.47 Å². The van der Waals surface area contributed by atoms with Gasteiger partial charge in [-0.3, -0.25) is 4.79 Å². The fraction of sp³-hybridized carbons (Fsp3) is 0.440. The fourth-order valence-electron chi connectivity index (χ4n) is 4.04. The van der Waals surface area contributed by atoms with Crippen molar-refractivity contribution in [3.8, 4) is 0 Å². The van der Waals surface area contributed by atoms with Gasteiger partial charge in [0.2, 0.25) is 0 Å². The number of esters is 2. The van der Waals surface area contributed by atoms with Gasteiger partial charge in [-0.2, -0.15) is 0 Å². The van der Waals surface area contributed by atoms with E-state index in [0.29, 0.717) is 31.4 Å². The second-order valence-corrected chi connectivity index (χ2v) is 8.47. The quantitative estimate of drug-likeness (QED) is 0.611. The van der Waals surface area contributed by atoms with Crippen LogP contribution in [0.1, 0.15) is 54.6 Å². The zero-order chi connectivity index (χ0) is 20.9. The van der Waals surface area contributed by atoms with Gasteiger partial charge in [0.05, 0.1) is 12.2 Å². The highest BCUT2D eigenvalue weighted by molar-refractivity contribution is 5.90. The van der Waals surface area contributed by atoms with E-state index in [1.165, 1.54) is 0 Å². The van der Waals surface area contributed by atoms with Crippen LogP contribution in [0.15, 0.2) is 54.6 Å². The molecule has 1 saturated carbocycles. The van der Waals surface area contributed by atoms with Gasteiger partial charge in [0, 0.05) is 0 Å². The molecule has 3 rings (SSSR count). The first-order valence-corrected chi connectivity index (χ1v) is 10.4. The Hall–Kier alpha value is -2.62. The van der Waals surface area contributed by atoms with E-state index >= 15 is 0 Å². The Morgan fingerprint density at radius 1 is 1.10 bits per heavy atom. The normalized spacial score (nSPS) is 21.2. The lowest BCUT2D eigenvalue weighted by molar-refractivity contribution is -0.162. The molecule has 4 heteroatoms. The smallest absolute Gasteiger partial charge is 0.338 e. The van der Waals surface area contributed by atoms with Gasteiger partial charge in [0.25, 0.3) is 0 Å². The average Bonchev–Trinajstić information content (AvgIpc) is 3.10. The maximum Gasteiger partial charge on any atom is 0.338 e. The van der Waals surface area contributed by atoms with Gasteiger partial charge in [-0.1, -0.05) is 61.9 Å². The fourth-order valence-corrected chi connectivity index (χ4v) is 4.04. The molecule has 0 aliphatic heterocycles. The number of carbonyl (C=O) groups is 2. The summed E-state index contributed by atoms with van der Waals surface area (Å²) in [5, 5.41) is 0. The van der Waals surface area contributed by atoms with Crippen LogP contribution >= 0.6 is 0 Å². The van der Waals surface area contributed by atoms with Crippen molar-refractivity contribution in [1.29, 1.82) is 0 Å². The lowest BCUT2D eigenvalue weighted by atomic mass is 9.78. The van der Waals surface area contributed by atoms with Crippen LogP contribution in [0.3, 0.4) is 0 Å². The molecule has 0 bridgehead atoms. The first-order valence-electron chi connectivity index (χ1n) is 10.4. The molecule has 1 aliphatic rings. The van der Waals surface area contributed by atoms with E-state index in [-0.39, 0.29) is 17.9 Å². The minimum absolute atomic E-state index is 0.252. The molecule has 0 amide bonds. The molecule has 1 aliphatic carbocycles. The maximum absolute atomic E-state index is 13.2. The molecule has 0 N–H and O–H groups in total. The minimum atomic E-state index is -0.838. The molecule has 1 fully saturated rings. The number of hydrogen-bond donors (Lipinski definition) is 0. The van der Waals surface area contributed by atoms with E-state index < -0.39 is 11.5 Å². The lowest BCUT2D eigenvalue weighted by Gasteiger charge is -2.33. The molecule has 2 aromatic rings. The van der Waals surface area contributed by atoms with Crippen molar-refractivity contribution < 1.29 is 19.1 Å². The van der Waals surface area contributed by atoms with Crippen molar-refractivity contribution in [1.82, 2.24) is 0 Å². The van der Waals surface area contributed by atoms with Crippen LogP contribution in [-0.4, -0.2) is 24.6 Å². The topological polar surface area (TPSA) is 52.6 Å². The van der Waals surface area contributed by atoms with Crippen molar-refractivity contribution in [3.63, 3.8) is 0 Å². The predicted octanol–water partition coefficient (Wildman–Crippen LogP) is 5.13. The third-order valence-corrected chi connectivity index (χ3v) is 5.53. The summed E-state index contributed by atoms with van der Waals surface area (Å²) in [7, 11) is 0. The predicted molar refractivity (Wildman–Crippen MR) is 113 cm³/mol. The van der Waals surface area contributed by atoms with Crippen LogP contribution in [0.25, 0.3) is 0 Å². The summed E-state index contributed by atoms with van der Waals surface area (Å²) < 4.78 is 11.6. The van der Waals surface area contributed by atoms with Gasteiger partial charge in [-0.15, -0.1) is 0 Å². The van der Waals surface area contributed by atoms with E-state index in [2.05, 4.69) is 0 Å². The number of benzene rings is 2. The maximum atomic E-state index is 13.2. The molecule has 0 radical (unpaired) electrons. The van der Waals surface area contributed by atoms with Crippen molar-refractivity contribution >= 4 is 11.9 Å². The molecule has 0 aromatic heterocycles. The Morgan fingerprint density at radius 3 is 2.55 bits per heavy atom. The molecule has 2 unspecified atom stereocenters. The molecule has 154 valence electrons. The Kier molecular flexibility index (Phi) is 6.73. The summed E-state index contributed by atoms with van der Waals surface area (Å²) in [6.45, 7) is 6.34. The summed E-state index contributed by atoms with van der Waals surface area (Å²) in [6, 6.07) is 17.2. The van der Waals surface area contributed by atoms with Crippen LogP contribution in [0.2, 0.25) is 0 Å². The molecule has 29 heavy (non-hydrogen) atoms. The summed E-state index contributed by atoms with van der Waals surface area (Å²) in [6.07, 6.45) is 2.17. The summed E-state index contributed by atoms with van der Waals surface area (Å²) in [5.74, 6) is -0.383. The van der Waals surface area contributed by atoms with Gasteiger partial charge in [0.15, 0.2) is 0 Å². The standard InChI is InChI=1S/C25H30O4/c1-18(2)17-28-24(27)25(16-20-10-5-4-6-11-20)14-8-13-22(25)29-23(26)21-12-7-9-19(3)15-21/h4-7,9-12,15,18,22H,8,13-14,16-17H2,1-3H3. The minimum Gasteiger partial charge on any atom is -0.465 e. The Balaban J connectivity index is 1.86. The first kappa shape index (κ1) is 21.1. The third-order valence-electron chi connectivity index (χ3n) is 5.53. The van der Waals surface area contributed by atoms with Crippen molar-refractivity contribution in [2.75, 3.05) is 6.61 Å². The molecule has 4 nitrogen and oxygen atoms in total. The molecule has 0 saturated heterocycles. The van der Waals surface area contributed by atoms with Crippen LogP contribution in [-0.2, 0) is 20.7 Å². The highest BCUT2D eigenvalue weighted by Gasteiger charge is 2.52. The zero-order valence-electron chi connectivity index (χ0n) is 17.5. The number of carbonyl (C=O) groups excluding carboxylic acids is 2. The van der Waals surface area contributed by atoms with E-state index in [9.17, 15) is 9.59 Å². The second-order valence-electron chi connectivity index (χ2n) is 8.47. The van der Waals surface area contributed by atoms with Crippen LogP contribution in [0.5, 0.6) is 0 Å². The Bertz CT molecular complexity index is 843. The summed E-state index contributed by atoms with van der Waals surface area (Å²) in [5.41, 5.74) is 1.72. The lowest BCUT2D eigenvalue weighted by Crippen LogP contribution is -2.44. The van der Waals surface area contributed by atoms with Crippen molar-refractivity contribution in [2.45, 2.75) is 52.6 Å². The Labute approximate surface area is 173 Å². The highest BCUT2D eigenvalue weighted by atomic mass is 16.6. The van der Waals surface area contributed by atoms with Gasteiger partial charge < -0.3 is 9.47 Å². The van der Waals surface area contributed by atoms with Crippen molar-refractivity contribution in [2.24, 2.45) is 11.3 Å². The molecule has 0 spiro atoms. The monoisotopic (exact) mass is 394 g/mol. The average molecular weight is 395 g/mol. The second kappa shape index (κ2) is 9.25. The summed E-state index contributed by atoms with van der Waals surface area (Å²) in [4.78, 5) is 26.1. The van der Waals surface area contributed by atoms with E-state index in [0.717, 1.165) is 17.5 Å². The molecule has 2 aromatic carbocycles. The SMILES string of the molecule is Cc1cccc(C(=O)OC2CCCC2(Cc2ccccc2)C(=O)OCC(C)C)c1. The molecule has 2 atom stereocenters.